The molecule has 0 spiro atoms. The molecule has 1 aromatic carbocycles. The lowest BCUT2D eigenvalue weighted by Crippen LogP contribution is -2.53. The molecule has 2 aliphatic rings. The molecular weight excluding hydrogens is 425 g/mol. The second-order valence-corrected chi connectivity index (χ2v) is 9.39. The van der Waals surface area contributed by atoms with Crippen molar-refractivity contribution >= 4 is 22.7 Å². The molecule has 2 N–H and O–H groups in total. The van der Waals surface area contributed by atoms with Crippen LogP contribution in [0.15, 0.2) is 27.4 Å². The van der Waals surface area contributed by atoms with Gasteiger partial charge in [0.1, 0.15) is 23.3 Å². The normalized spacial score (nSPS) is 23.1. The van der Waals surface area contributed by atoms with Gasteiger partial charge in [-0.25, -0.2) is 9.18 Å². The first-order chi connectivity index (χ1) is 15.9. The molecule has 1 saturated carbocycles. The SMILES string of the molecule is CN1CC(C#N)CC(NC(=O)[C@H](CC2CCCCC2)Nc2nc(=O)oc3cc(F)ccc23)C1. The van der Waals surface area contributed by atoms with Gasteiger partial charge in [0.05, 0.1) is 17.4 Å². The fourth-order valence-corrected chi connectivity index (χ4v) is 5.13. The standard InChI is InChI=1S/C24H30FN5O3/c1-30-13-16(12-26)9-18(14-30)27-23(31)20(10-15-5-3-2-4-6-15)28-22-19-8-7-17(25)11-21(19)33-24(32)29-22/h7-8,11,15-16,18,20H,2-6,9-10,13-14H2,1H3,(H,27,31)(H,28,29,32)/t16?,18?,20-/m0/s1. The molecule has 1 aliphatic carbocycles. The number of carbonyl (C=O) groups is 1. The topological polar surface area (TPSA) is 111 Å². The molecule has 4 rings (SSSR count). The average Bonchev–Trinajstić information content (AvgIpc) is 2.78. The number of likely N-dealkylation sites (tertiary alicyclic amines) is 1. The molecule has 1 saturated heterocycles. The van der Waals surface area contributed by atoms with Crippen LogP contribution in [-0.2, 0) is 4.79 Å². The summed E-state index contributed by atoms with van der Waals surface area (Å²) >= 11 is 0. The largest absolute Gasteiger partial charge is 0.441 e. The number of anilines is 1. The number of amides is 1. The molecule has 1 aliphatic heterocycles. The number of benzene rings is 1. The van der Waals surface area contributed by atoms with Gasteiger partial charge < -0.3 is 20.0 Å². The fourth-order valence-electron chi connectivity index (χ4n) is 5.13. The van der Waals surface area contributed by atoms with E-state index in [1.54, 1.807) is 0 Å². The third-order valence-corrected chi connectivity index (χ3v) is 6.68. The van der Waals surface area contributed by atoms with E-state index >= 15 is 0 Å². The molecule has 3 atom stereocenters. The Labute approximate surface area is 192 Å². The highest BCUT2D eigenvalue weighted by molar-refractivity contribution is 5.91. The highest BCUT2D eigenvalue weighted by Crippen LogP contribution is 2.29. The van der Waals surface area contributed by atoms with E-state index in [2.05, 4.69) is 26.6 Å². The van der Waals surface area contributed by atoms with Crippen molar-refractivity contribution in [3.05, 3.63) is 34.6 Å². The van der Waals surface area contributed by atoms with Crippen LogP contribution in [0.5, 0.6) is 0 Å². The zero-order valence-electron chi connectivity index (χ0n) is 18.8. The summed E-state index contributed by atoms with van der Waals surface area (Å²) in [5, 5.41) is 16.1. The maximum Gasteiger partial charge on any atom is 0.441 e. The zero-order chi connectivity index (χ0) is 23.4. The smallest absolute Gasteiger partial charge is 0.408 e. The Balaban J connectivity index is 1.57. The number of nitrogens with zero attached hydrogens (tertiary/aromatic N) is 3. The first-order valence-electron chi connectivity index (χ1n) is 11.7. The number of halogens is 1. The van der Waals surface area contributed by atoms with Crippen molar-refractivity contribution < 1.29 is 13.6 Å². The number of nitriles is 1. The summed E-state index contributed by atoms with van der Waals surface area (Å²) in [6.07, 6.45) is 6.84. The van der Waals surface area contributed by atoms with E-state index in [-0.39, 0.29) is 29.3 Å². The lowest BCUT2D eigenvalue weighted by molar-refractivity contribution is -0.123. The highest BCUT2D eigenvalue weighted by Gasteiger charge is 2.30. The summed E-state index contributed by atoms with van der Waals surface area (Å²) < 4.78 is 18.7. The first kappa shape index (κ1) is 23.2. The number of hydrogen-bond donors (Lipinski definition) is 2. The molecular formula is C24H30FN5O3. The summed E-state index contributed by atoms with van der Waals surface area (Å²) in [5.74, 6) is -1.06. The molecule has 9 heteroatoms. The van der Waals surface area contributed by atoms with Crippen molar-refractivity contribution in [2.45, 2.75) is 57.0 Å². The number of likely N-dealkylation sites (N-methyl/N-ethyl adjacent to an activating group) is 1. The van der Waals surface area contributed by atoms with Gasteiger partial charge in [0, 0.05) is 25.2 Å². The Morgan fingerprint density at radius 1 is 1.33 bits per heavy atom. The molecule has 0 bridgehead atoms. The van der Waals surface area contributed by atoms with E-state index in [9.17, 15) is 19.2 Å². The van der Waals surface area contributed by atoms with Crippen LogP contribution >= 0.6 is 0 Å². The molecule has 33 heavy (non-hydrogen) atoms. The predicted octanol–water partition coefficient (Wildman–Crippen LogP) is 3.04. The molecule has 176 valence electrons. The van der Waals surface area contributed by atoms with Crippen LogP contribution in [0.3, 0.4) is 0 Å². The van der Waals surface area contributed by atoms with Crippen LogP contribution in [-0.4, -0.2) is 48.0 Å². The van der Waals surface area contributed by atoms with Gasteiger partial charge in [0.2, 0.25) is 5.91 Å². The summed E-state index contributed by atoms with van der Waals surface area (Å²) in [6.45, 7) is 1.37. The Kier molecular flexibility index (Phi) is 7.23. The van der Waals surface area contributed by atoms with Crippen LogP contribution in [0.2, 0.25) is 0 Å². The number of nitrogens with one attached hydrogen (secondary N) is 2. The van der Waals surface area contributed by atoms with Crippen LogP contribution in [0.4, 0.5) is 10.2 Å². The van der Waals surface area contributed by atoms with Gasteiger partial charge in [0.15, 0.2) is 0 Å². The molecule has 2 heterocycles. The van der Waals surface area contributed by atoms with E-state index in [0.717, 1.165) is 31.7 Å². The Morgan fingerprint density at radius 2 is 2.12 bits per heavy atom. The summed E-state index contributed by atoms with van der Waals surface area (Å²) in [5.41, 5.74) is 0.0834. The Bertz CT molecular complexity index is 1090. The molecule has 1 aromatic heterocycles. The third kappa shape index (κ3) is 5.88. The predicted molar refractivity (Wildman–Crippen MR) is 122 cm³/mol. The lowest BCUT2D eigenvalue weighted by Gasteiger charge is -2.34. The van der Waals surface area contributed by atoms with Gasteiger partial charge in [-0.2, -0.15) is 10.2 Å². The molecule has 2 fully saturated rings. The maximum absolute atomic E-state index is 13.7. The van der Waals surface area contributed by atoms with Crippen molar-refractivity contribution in [3.63, 3.8) is 0 Å². The van der Waals surface area contributed by atoms with E-state index < -0.39 is 17.6 Å². The summed E-state index contributed by atoms with van der Waals surface area (Å²) in [6, 6.07) is 5.47. The van der Waals surface area contributed by atoms with E-state index in [0.29, 0.717) is 37.2 Å². The quantitative estimate of drug-likeness (QED) is 0.689. The second-order valence-electron chi connectivity index (χ2n) is 9.39. The van der Waals surface area contributed by atoms with Crippen LogP contribution in [0.1, 0.15) is 44.9 Å². The van der Waals surface area contributed by atoms with Crippen molar-refractivity contribution in [1.29, 1.82) is 5.26 Å². The number of piperidine rings is 1. The average molecular weight is 456 g/mol. The lowest BCUT2D eigenvalue weighted by atomic mass is 9.84. The van der Waals surface area contributed by atoms with Crippen molar-refractivity contribution in [1.82, 2.24) is 15.2 Å². The van der Waals surface area contributed by atoms with Crippen molar-refractivity contribution in [3.8, 4) is 6.07 Å². The van der Waals surface area contributed by atoms with Gasteiger partial charge in [-0.1, -0.05) is 32.1 Å². The third-order valence-electron chi connectivity index (χ3n) is 6.68. The number of hydrogen-bond acceptors (Lipinski definition) is 7. The van der Waals surface area contributed by atoms with Crippen molar-refractivity contribution in [2.75, 3.05) is 25.5 Å². The minimum atomic E-state index is -0.849. The van der Waals surface area contributed by atoms with Gasteiger partial charge in [-0.05, 0) is 37.9 Å². The highest BCUT2D eigenvalue weighted by atomic mass is 19.1. The monoisotopic (exact) mass is 455 g/mol. The molecule has 1 amide bonds. The molecule has 2 aromatic rings. The zero-order valence-corrected chi connectivity index (χ0v) is 18.8. The van der Waals surface area contributed by atoms with E-state index in [4.69, 9.17) is 4.42 Å². The summed E-state index contributed by atoms with van der Waals surface area (Å²) in [4.78, 5) is 31.4. The number of rotatable bonds is 6. The number of aromatic nitrogens is 1. The maximum atomic E-state index is 13.7. The minimum absolute atomic E-state index is 0.0834. The minimum Gasteiger partial charge on any atom is -0.408 e. The van der Waals surface area contributed by atoms with Gasteiger partial charge in [0.25, 0.3) is 0 Å². The van der Waals surface area contributed by atoms with Crippen LogP contribution in [0.25, 0.3) is 11.0 Å². The van der Waals surface area contributed by atoms with Crippen LogP contribution < -0.4 is 16.4 Å². The van der Waals surface area contributed by atoms with E-state index in [1.165, 1.54) is 18.6 Å². The molecule has 8 nitrogen and oxygen atoms in total. The summed E-state index contributed by atoms with van der Waals surface area (Å²) in [7, 11) is 1.94. The molecule has 0 radical (unpaired) electrons. The van der Waals surface area contributed by atoms with Crippen molar-refractivity contribution in [2.24, 2.45) is 11.8 Å². The van der Waals surface area contributed by atoms with Gasteiger partial charge in [-0.3, -0.25) is 4.79 Å². The fraction of sp³-hybridized carbons (Fsp3) is 0.583. The molecule has 2 unspecified atom stereocenters. The number of fused-ring (bicyclic) bond motifs is 1. The van der Waals surface area contributed by atoms with E-state index in [1.807, 2.05) is 7.05 Å². The Morgan fingerprint density at radius 3 is 2.88 bits per heavy atom. The van der Waals surface area contributed by atoms with Crippen LogP contribution in [0, 0.1) is 29.0 Å². The Hall–Kier alpha value is -2.99. The first-order valence-corrected chi connectivity index (χ1v) is 11.7. The second kappa shape index (κ2) is 10.3. The van der Waals surface area contributed by atoms with Gasteiger partial charge in [-0.15, -0.1) is 0 Å². The van der Waals surface area contributed by atoms with Gasteiger partial charge >= 0.3 is 5.76 Å². The number of carbonyl (C=O) groups excluding carboxylic acids is 1.